The van der Waals surface area contributed by atoms with Crippen LogP contribution in [0.25, 0.3) is 0 Å². The van der Waals surface area contributed by atoms with Gasteiger partial charge in [-0.25, -0.2) is 0 Å². The molecule has 1 saturated heterocycles. The van der Waals surface area contributed by atoms with Gasteiger partial charge >= 0.3 is 5.97 Å². The lowest BCUT2D eigenvalue weighted by Crippen LogP contribution is -2.32. The summed E-state index contributed by atoms with van der Waals surface area (Å²) in [7, 11) is 1.39. The normalized spacial score (nSPS) is 22.0. The molecule has 1 aromatic rings. The van der Waals surface area contributed by atoms with Crippen molar-refractivity contribution in [2.24, 2.45) is 11.8 Å². The number of carbonyl (C=O) groups excluding carboxylic acids is 2. The van der Waals surface area contributed by atoms with Crippen molar-refractivity contribution in [1.29, 1.82) is 0 Å². The number of benzene rings is 1. The number of hydrogen-bond donors (Lipinski definition) is 1. The number of ether oxygens (including phenoxy) is 1. The van der Waals surface area contributed by atoms with Gasteiger partial charge in [-0.1, -0.05) is 18.5 Å². The molecule has 114 valence electrons. The molecule has 5 nitrogen and oxygen atoms in total. The lowest BCUT2D eigenvalue weighted by molar-refractivity contribution is -0.146. The fourth-order valence-corrected chi connectivity index (χ4v) is 2.72. The van der Waals surface area contributed by atoms with Crippen molar-refractivity contribution < 1.29 is 14.3 Å². The molecular weight excluding hydrogens is 292 g/mol. The van der Waals surface area contributed by atoms with Gasteiger partial charge in [0, 0.05) is 23.8 Å². The second-order valence-corrected chi connectivity index (χ2v) is 5.79. The average Bonchev–Trinajstić information content (AvgIpc) is 2.81. The summed E-state index contributed by atoms with van der Waals surface area (Å²) in [5.74, 6) is -0.266. The highest BCUT2D eigenvalue weighted by Crippen LogP contribution is 2.23. The standard InChI is InChI=1S/C15H19ClN2O3/c1-10-7-18(8-13(10)15(20)21-2)9-14(19)17-12-5-3-11(16)4-6-12/h3-6,10,13H,7-9H2,1-2H3,(H,17,19). The molecule has 1 aliphatic rings. The summed E-state index contributed by atoms with van der Waals surface area (Å²) in [6, 6.07) is 6.96. The number of amides is 1. The third-order valence-electron chi connectivity index (χ3n) is 3.69. The van der Waals surface area contributed by atoms with E-state index in [1.165, 1.54) is 7.11 Å². The molecule has 0 aliphatic carbocycles. The van der Waals surface area contributed by atoms with Gasteiger partial charge < -0.3 is 10.1 Å². The first kappa shape index (κ1) is 15.8. The van der Waals surface area contributed by atoms with E-state index in [1.807, 2.05) is 11.8 Å². The van der Waals surface area contributed by atoms with Crippen molar-refractivity contribution in [2.75, 3.05) is 32.1 Å². The van der Waals surface area contributed by atoms with E-state index in [-0.39, 0.29) is 30.3 Å². The number of methoxy groups -OCH3 is 1. The van der Waals surface area contributed by atoms with E-state index < -0.39 is 0 Å². The highest BCUT2D eigenvalue weighted by atomic mass is 35.5. The van der Waals surface area contributed by atoms with Gasteiger partial charge in [-0.3, -0.25) is 14.5 Å². The van der Waals surface area contributed by atoms with E-state index in [2.05, 4.69) is 5.32 Å². The van der Waals surface area contributed by atoms with Gasteiger partial charge in [0.1, 0.15) is 0 Å². The molecular formula is C15H19ClN2O3. The molecule has 1 N–H and O–H groups in total. The molecule has 1 heterocycles. The summed E-state index contributed by atoms with van der Waals surface area (Å²) >= 11 is 5.80. The third-order valence-corrected chi connectivity index (χ3v) is 3.94. The van der Waals surface area contributed by atoms with Crippen molar-refractivity contribution in [3.63, 3.8) is 0 Å². The molecule has 2 atom stereocenters. The Morgan fingerprint density at radius 2 is 2.00 bits per heavy atom. The minimum absolute atomic E-state index is 0.102. The Balaban J connectivity index is 1.86. The average molecular weight is 311 g/mol. The van der Waals surface area contributed by atoms with E-state index in [9.17, 15) is 9.59 Å². The van der Waals surface area contributed by atoms with Crippen LogP contribution in [0.4, 0.5) is 5.69 Å². The van der Waals surface area contributed by atoms with E-state index in [4.69, 9.17) is 16.3 Å². The summed E-state index contributed by atoms with van der Waals surface area (Å²) in [5, 5.41) is 3.44. The highest BCUT2D eigenvalue weighted by molar-refractivity contribution is 6.30. The fourth-order valence-electron chi connectivity index (χ4n) is 2.59. The fraction of sp³-hybridized carbons (Fsp3) is 0.467. The monoisotopic (exact) mass is 310 g/mol. The molecule has 21 heavy (non-hydrogen) atoms. The predicted molar refractivity (Wildman–Crippen MR) is 81.2 cm³/mol. The summed E-state index contributed by atoms with van der Waals surface area (Å²) < 4.78 is 4.79. The first-order valence-electron chi connectivity index (χ1n) is 6.85. The quantitative estimate of drug-likeness (QED) is 0.864. The second-order valence-electron chi connectivity index (χ2n) is 5.36. The van der Waals surface area contributed by atoms with Crippen LogP contribution in [0.15, 0.2) is 24.3 Å². The molecule has 0 spiro atoms. The summed E-state index contributed by atoms with van der Waals surface area (Å²) in [4.78, 5) is 25.6. The lowest BCUT2D eigenvalue weighted by atomic mass is 9.99. The number of likely N-dealkylation sites (tertiary alicyclic amines) is 1. The van der Waals surface area contributed by atoms with E-state index in [0.29, 0.717) is 23.8 Å². The Morgan fingerprint density at radius 1 is 1.33 bits per heavy atom. The zero-order valence-electron chi connectivity index (χ0n) is 12.1. The number of nitrogens with zero attached hydrogens (tertiary/aromatic N) is 1. The van der Waals surface area contributed by atoms with Gasteiger partial charge in [0.05, 0.1) is 19.6 Å². The Bertz CT molecular complexity index is 518. The topological polar surface area (TPSA) is 58.6 Å². The van der Waals surface area contributed by atoms with Crippen LogP contribution in [0, 0.1) is 11.8 Å². The maximum absolute atomic E-state index is 12.0. The first-order chi connectivity index (χ1) is 9.99. The molecule has 1 fully saturated rings. The van der Waals surface area contributed by atoms with Crippen molar-refractivity contribution in [1.82, 2.24) is 4.90 Å². The molecule has 0 radical (unpaired) electrons. The number of esters is 1. The number of rotatable bonds is 4. The minimum atomic E-state index is -0.205. The largest absolute Gasteiger partial charge is 0.469 e. The highest BCUT2D eigenvalue weighted by Gasteiger charge is 2.36. The summed E-state index contributed by atoms with van der Waals surface area (Å²) in [6.07, 6.45) is 0. The molecule has 1 aromatic carbocycles. The second kappa shape index (κ2) is 6.91. The zero-order chi connectivity index (χ0) is 15.4. The van der Waals surface area contributed by atoms with Crippen LogP contribution >= 0.6 is 11.6 Å². The van der Waals surface area contributed by atoms with Crippen molar-refractivity contribution in [3.8, 4) is 0 Å². The first-order valence-corrected chi connectivity index (χ1v) is 7.23. The van der Waals surface area contributed by atoms with Crippen LogP contribution in [0.3, 0.4) is 0 Å². The number of hydrogen-bond acceptors (Lipinski definition) is 4. The zero-order valence-corrected chi connectivity index (χ0v) is 12.9. The number of anilines is 1. The molecule has 0 aromatic heterocycles. The Kier molecular flexibility index (Phi) is 5.20. The van der Waals surface area contributed by atoms with Crippen LogP contribution in [0.2, 0.25) is 5.02 Å². The van der Waals surface area contributed by atoms with Crippen LogP contribution in [-0.4, -0.2) is 43.5 Å². The van der Waals surface area contributed by atoms with Gasteiger partial charge in [-0.05, 0) is 30.2 Å². The van der Waals surface area contributed by atoms with Crippen LogP contribution < -0.4 is 5.32 Å². The number of carbonyl (C=O) groups is 2. The van der Waals surface area contributed by atoms with Gasteiger partial charge in [0.25, 0.3) is 0 Å². The van der Waals surface area contributed by atoms with Gasteiger partial charge in [0.15, 0.2) is 0 Å². The molecule has 0 saturated carbocycles. The molecule has 1 amide bonds. The molecule has 1 aliphatic heterocycles. The Hall–Kier alpha value is -1.59. The maximum atomic E-state index is 12.0. The van der Waals surface area contributed by atoms with Gasteiger partial charge in [0.2, 0.25) is 5.91 Å². The number of nitrogens with one attached hydrogen (secondary N) is 1. The smallest absolute Gasteiger partial charge is 0.310 e. The third kappa shape index (κ3) is 4.19. The van der Waals surface area contributed by atoms with E-state index in [1.54, 1.807) is 24.3 Å². The maximum Gasteiger partial charge on any atom is 0.310 e. The lowest BCUT2D eigenvalue weighted by Gasteiger charge is -2.15. The minimum Gasteiger partial charge on any atom is -0.469 e. The van der Waals surface area contributed by atoms with Crippen molar-refractivity contribution in [2.45, 2.75) is 6.92 Å². The molecule has 2 rings (SSSR count). The Labute approximate surface area is 129 Å². The van der Waals surface area contributed by atoms with E-state index >= 15 is 0 Å². The predicted octanol–water partition coefficient (Wildman–Crippen LogP) is 2.02. The van der Waals surface area contributed by atoms with Crippen molar-refractivity contribution in [3.05, 3.63) is 29.3 Å². The molecule has 2 unspecified atom stereocenters. The SMILES string of the molecule is COC(=O)C1CN(CC(=O)Nc2ccc(Cl)cc2)CC1C. The van der Waals surface area contributed by atoms with Gasteiger partial charge in [-0.2, -0.15) is 0 Å². The summed E-state index contributed by atoms with van der Waals surface area (Å²) in [5.41, 5.74) is 0.709. The molecule has 6 heteroatoms. The van der Waals surface area contributed by atoms with Crippen molar-refractivity contribution >= 4 is 29.2 Å². The number of halogens is 1. The van der Waals surface area contributed by atoms with E-state index in [0.717, 1.165) is 0 Å². The van der Waals surface area contributed by atoms with Crippen LogP contribution in [-0.2, 0) is 14.3 Å². The van der Waals surface area contributed by atoms with Crippen LogP contribution in [0.5, 0.6) is 0 Å². The molecule has 0 bridgehead atoms. The Morgan fingerprint density at radius 3 is 2.62 bits per heavy atom. The van der Waals surface area contributed by atoms with Crippen LogP contribution in [0.1, 0.15) is 6.92 Å². The summed E-state index contributed by atoms with van der Waals surface area (Å²) in [6.45, 7) is 3.54. The van der Waals surface area contributed by atoms with Gasteiger partial charge in [-0.15, -0.1) is 0 Å².